The maximum Gasteiger partial charge on any atom is 0.338 e. The molecule has 0 radical (unpaired) electrons. The van der Waals surface area contributed by atoms with E-state index in [4.69, 9.17) is 4.74 Å². The molecule has 0 aliphatic carbocycles. The van der Waals surface area contributed by atoms with Gasteiger partial charge in [-0.1, -0.05) is 42.5 Å². The van der Waals surface area contributed by atoms with E-state index in [1.54, 1.807) is 29.3 Å². The van der Waals surface area contributed by atoms with Crippen LogP contribution in [0.3, 0.4) is 0 Å². The van der Waals surface area contributed by atoms with Crippen molar-refractivity contribution in [1.29, 1.82) is 0 Å². The molecule has 4 rings (SSSR count). The van der Waals surface area contributed by atoms with Crippen LogP contribution in [-0.4, -0.2) is 35.5 Å². The van der Waals surface area contributed by atoms with Crippen molar-refractivity contribution in [2.75, 3.05) is 31.3 Å². The fraction of sp³-hybridized carbons (Fsp3) is 0.250. The molecule has 0 bridgehead atoms. The molecule has 7 nitrogen and oxygen atoms in total. The van der Waals surface area contributed by atoms with Crippen molar-refractivity contribution in [3.63, 3.8) is 0 Å². The molecular weight excluding hydrogens is 346 g/mol. The molecule has 0 spiro atoms. The molecule has 0 atom stereocenters. The van der Waals surface area contributed by atoms with E-state index in [2.05, 4.69) is 0 Å². The molecule has 2 aromatic carbocycles. The normalized spacial score (nSPS) is 14.4. The first-order valence-electron chi connectivity index (χ1n) is 8.82. The summed E-state index contributed by atoms with van der Waals surface area (Å²) in [6.07, 6.45) is 0. The highest BCUT2D eigenvalue weighted by Crippen LogP contribution is 2.09. The Hall–Kier alpha value is -3.19. The molecule has 2 heterocycles. The molecular formula is C20H19N3O4. The van der Waals surface area contributed by atoms with E-state index in [-0.39, 0.29) is 6.54 Å². The van der Waals surface area contributed by atoms with Crippen molar-refractivity contribution >= 4 is 10.9 Å². The van der Waals surface area contributed by atoms with Gasteiger partial charge in [0.2, 0.25) is 0 Å². The molecule has 0 N–H and O–H groups in total. The number of benzene rings is 2. The van der Waals surface area contributed by atoms with E-state index in [1.807, 2.05) is 30.3 Å². The Bertz CT molecular complexity index is 1150. The van der Waals surface area contributed by atoms with Crippen LogP contribution in [0, 0.1) is 0 Å². The van der Waals surface area contributed by atoms with Gasteiger partial charge in [-0.15, -0.1) is 0 Å². The van der Waals surface area contributed by atoms with Gasteiger partial charge in [-0.05, 0) is 17.7 Å². The molecule has 1 aliphatic rings. The van der Waals surface area contributed by atoms with Crippen LogP contribution in [0.5, 0.6) is 0 Å². The van der Waals surface area contributed by atoms with Crippen LogP contribution in [0.15, 0.2) is 69.0 Å². The highest BCUT2D eigenvalue weighted by atomic mass is 16.5. The number of nitrogens with zero attached hydrogens (tertiary/aromatic N) is 3. The van der Waals surface area contributed by atoms with Gasteiger partial charge in [0.25, 0.3) is 5.56 Å². The van der Waals surface area contributed by atoms with Gasteiger partial charge in [-0.25, -0.2) is 0 Å². The summed E-state index contributed by atoms with van der Waals surface area (Å²) in [4.78, 5) is 39.1. The van der Waals surface area contributed by atoms with Crippen molar-refractivity contribution in [2.45, 2.75) is 6.54 Å². The Labute approximate surface area is 154 Å². The predicted molar refractivity (Wildman–Crippen MR) is 103 cm³/mol. The van der Waals surface area contributed by atoms with Crippen molar-refractivity contribution in [3.8, 4) is 0 Å². The summed E-state index contributed by atoms with van der Waals surface area (Å²) in [6.45, 7) is 1.78. The summed E-state index contributed by atoms with van der Waals surface area (Å²) in [7, 11) is 0. The first-order chi connectivity index (χ1) is 13.2. The molecule has 27 heavy (non-hydrogen) atoms. The third-order valence-corrected chi connectivity index (χ3v) is 4.69. The number of hydrogen-bond acceptors (Lipinski definition) is 5. The fourth-order valence-electron chi connectivity index (χ4n) is 3.35. The number of hydrogen-bond donors (Lipinski definition) is 0. The zero-order valence-corrected chi connectivity index (χ0v) is 14.7. The molecule has 0 unspecified atom stereocenters. The maximum absolute atomic E-state index is 13.1. The predicted octanol–water partition coefficient (Wildman–Crippen LogP) is 0.540. The summed E-state index contributed by atoms with van der Waals surface area (Å²) >= 11 is 0. The Balaban J connectivity index is 2.03. The Morgan fingerprint density at radius 3 is 2.19 bits per heavy atom. The highest BCUT2D eigenvalue weighted by molar-refractivity contribution is 5.77. The van der Waals surface area contributed by atoms with E-state index in [9.17, 15) is 14.4 Å². The summed E-state index contributed by atoms with van der Waals surface area (Å²) in [5.74, 6) is 0. The molecule has 1 aromatic heterocycles. The van der Waals surface area contributed by atoms with E-state index < -0.39 is 16.7 Å². The van der Waals surface area contributed by atoms with E-state index in [0.29, 0.717) is 37.2 Å². The van der Waals surface area contributed by atoms with Gasteiger partial charge in [0, 0.05) is 0 Å². The monoisotopic (exact) mass is 365 g/mol. The number of aromatic nitrogens is 2. The third-order valence-electron chi connectivity index (χ3n) is 4.69. The van der Waals surface area contributed by atoms with Gasteiger partial charge in [-0.2, -0.15) is 4.68 Å². The van der Waals surface area contributed by atoms with Gasteiger partial charge in [0.1, 0.15) is 0 Å². The summed E-state index contributed by atoms with van der Waals surface area (Å²) in [6, 6.07) is 16.2. The van der Waals surface area contributed by atoms with Gasteiger partial charge in [0.15, 0.2) is 0 Å². The molecule has 0 amide bonds. The quantitative estimate of drug-likeness (QED) is 0.634. The first kappa shape index (κ1) is 17.2. The second kappa shape index (κ2) is 7.20. The second-order valence-electron chi connectivity index (χ2n) is 6.38. The maximum atomic E-state index is 13.1. The minimum Gasteiger partial charge on any atom is -0.378 e. The lowest BCUT2D eigenvalue weighted by atomic mass is 10.2. The van der Waals surface area contributed by atoms with Crippen molar-refractivity contribution in [1.82, 2.24) is 9.24 Å². The highest BCUT2D eigenvalue weighted by Gasteiger charge is 2.19. The topological polar surface area (TPSA) is 73.5 Å². The van der Waals surface area contributed by atoms with Gasteiger partial charge < -0.3 is 9.75 Å². The van der Waals surface area contributed by atoms with E-state index in [0.717, 1.165) is 10.2 Å². The first-order valence-corrected chi connectivity index (χ1v) is 8.82. The molecule has 1 fully saturated rings. The van der Waals surface area contributed by atoms with Gasteiger partial charge >= 0.3 is 11.1 Å². The van der Waals surface area contributed by atoms with Crippen molar-refractivity contribution in [3.05, 3.63) is 91.2 Å². The van der Waals surface area contributed by atoms with Crippen LogP contribution in [0.2, 0.25) is 0 Å². The molecule has 1 saturated heterocycles. The number of fused-ring (bicyclic) bond motifs is 1. The summed E-state index contributed by atoms with van der Waals surface area (Å²) in [5.41, 5.74) is -0.722. The van der Waals surface area contributed by atoms with Gasteiger partial charge in [0.05, 0.1) is 43.8 Å². The van der Waals surface area contributed by atoms with E-state index >= 15 is 0 Å². The SMILES string of the molecule is O=c1c(=O)n(Cc2ccccc2)c2ccccc2c(=O)n1N1CCOCC1. The van der Waals surface area contributed by atoms with Crippen LogP contribution in [0.1, 0.15) is 5.56 Å². The number of rotatable bonds is 3. The van der Waals surface area contributed by atoms with Gasteiger partial charge in [-0.3, -0.25) is 19.0 Å². The molecule has 7 heteroatoms. The molecule has 3 aromatic rings. The summed E-state index contributed by atoms with van der Waals surface area (Å²) < 4.78 is 7.66. The van der Waals surface area contributed by atoms with Crippen LogP contribution in [-0.2, 0) is 11.3 Å². The average molecular weight is 365 g/mol. The number of para-hydroxylation sites is 1. The molecule has 138 valence electrons. The van der Waals surface area contributed by atoms with Crippen molar-refractivity contribution < 1.29 is 4.74 Å². The minimum atomic E-state index is -0.839. The molecule has 0 saturated carbocycles. The third kappa shape index (κ3) is 3.17. The number of ether oxygens (including phenoxy) is 1. The number of morpholine rings is 1. The lowest BCUT2D eigenvalue weighted by molar-refractivity contribution is 0.110. The van der Waals surface area contributed by atoms with Crippen LogP contribution >= 0.6 is 0 Å². The second-order valence-corrected chi connectivity index (χ2v) is 6.38. The van der Waals surface area contributed by atoms with Crippen molar-refractivity contribution in [2.24, 2.45) is 0 Å². The zero-order valence-electron chi connectivity index (χ0n) is 14.7. The lowest BCUT2D eigenvalue weighted by Gasteiger charge is -2.28. The standard InChI is InChI=1S/C20H19N3O4/c24-18-16-8-4-5-9-17(16)22(14-15-6-2-1-3-7-15)19(25)20(26)23(18)21-10-12-27-13-11-21/h1-9H,10-14H2. The van der Waals surface area contributed by atoms with Crippen LogP contribution < -0.4 is 21.7 Å². The smallest absolute Gasteiger partial charge is 0.338 e. The zero-order chi connectivity index (χ0) is 18.8. The Morgan fingerprint density at radius 2 is 1.44 bits per heavy atom. The van der Waals surface area contributed by atoms with Crippen LogP contribution in [0.25, 0.3) is 10.9 Å². The summed E-state index contributed by atoms with van der Waals surface area (Å²) in [5, 5.41) is 1.92. The Kier molecular flexibility index (Phi) is 4.60. The van der Waals surface area contributed by atoms with Crippen LogP contribution in [0.4, 0.5) is 0 Å². The fourth-order valence-corrected chi connectivity index (χ4v) is 3.35. The minimum absolute atomic E-state index is 0.215. The van der Waals surface area contributed by atoms with E-state index in [1.165, 1.54) is 4.57 Å². The lowest BCUT2D eigenvalue weighted by Crippen LogP contribution is -2.56. The molecule has 1 aliphatic heterocycles. The average Bonchev–Trinajstić information content (AvgIpc) is 2.79. The largest absolute Gasteiger partial charge is 0.378 e. The Morgan fingerprint density at radius 1 is 0.778 bits per heavy atom.